The van der Waals surface area contributed by atoms with Crippen LogP contribution in [0.4, 0.5) is 11.5 Å². The van der Waals surface area contributed by atoms with E-state index in [1.165, 1.54) is 27.9 Å². The van der Waals surface area contributed by atoms with Crippen LogP contribution in [0.2, 0.25) is 0 Å². The number of amides is 1. The standard InChI is InChI=1S/C20H22N4O4S/c1-28-9-8-23-18(21)17(19(26)22-20(23)27)24(12-14-5-3-2-4-6-14)16(25)11-15-7-10-29-13-15/h2-7,10,13H,8-9,11-12,21H2,1H3,(H,22,26,27). The number of nitrogens with one attached hydrogen (secondary N) is 1. The molecular weight excluding hydrogens is 392 g/mol. The normalized spacial score (nSPS) is 10.8. The lowest BCUT2D eigenvalue weighted by Crippen LogP contribution is -2.41. The van der Waals surface area contributed by atoms with Gasteiger partial charge in [-0.05, 0) is 28.0 Å². The van der Waals surface area contributed by atoms with Crippen LogP contribution in [-0.2, 0) is 29.0 Å². The number of anilines is 2. The van der Waals surface area contributed by atoms with Crippen LogP contribution in [0.15, 0.2) is 56.7 Å². The van der Waals surface area contributed by atoms with Crippen molar-refractivity contribution in [1.29, 1.82) is 0 Å². The fraction of sp³-hybridized carbons (Fsp3) is 0.250. The number of ether oxygens (including phenoxy) is 1. The summed E-state index contributed by atoms with van der Waals surface area (Å²) < 4.78 is 6.22. The second-order valence-corrected chi connectivity index (χ2v) is 7.19. The molecule has 0 aliphatic carbocycles. The van der Waals surface area contributed by atoms with Crippen molar-refractivity contribution < 1.29 is 9.53 Å². The van der Waals surface area contributed by atoms with Crippen LogP contribution >= 0.6 is 11.3 Å². The highest BCUT2D eigenvalue weighted by molar-refractivity contribution is 7.08. The molecule has 0 unspecified atom stereocenters. The molecule has 2 heterocycles. The highest BCUT2D eigenvalue weighted by atomic mass is 32.1. The summed E-state index contributed by atoms with van der Waals surface area (Å²) in [7, 11) is 1.50. The van der Waals surface area contributed by atoms with Crippen molar-refractivity contribution in [3.8, 4) is 0 Å². The van der Waals surface area contributed by atoms with Gasteiger partial charge in [0.15, 0.2) is 5.69 Å². The first-order valence-corrected chi connectivity index (χ1v) is 9.92. The van der Waals surface area contributed by atoms with Gasteiger partial charge < -0.3 is 10.5 Å². The number of aromatic amines is 1. The lowest BCUT2D eigenvalue weighted by atomic mass is 10.1. The Morgan fingerprint density at radius 2 is 1.97 bits per heavy atom. The third-order valence-electron chi connectivity index (χ3n) is 4.42. The number of rotatable bonds is 8. The summed E-state index contributed by atoms with van der Waals surface area (Å²) in [5.41, 5.74) is 6.49. The van der Waals surface area contributed by atoms with E-state index in [0.717, 1.165) is 11.1 Å². The summed E-state index contributed by atoms with van der Waals surface area (Å²) in [6, 6.07) is 11.1. The van der Waals surface area contributed by atoms with Gasteiger partial charge in [0.25, 0.3) is 5.56 Å². The Bertz CT molecular complexity index is 1070. The van der Waals surface area contributed by atoms with Gasteiger partial charge in [0.2, 0.25) is 5.91 Å². The summed E-state index contributed by atoms with van der Waals surface area (Å²) >= 11 is 1.49. The molecule has 1 amide bonds. The summed E-state index contributed by atoms with van der Waals surface area (Å²) in [4.78, 5) is 41.6. The molecule has 0 spiro atoms. The van der Waals surface area contributed by atoms with E-state index in [-0.39, 0.29) is 43.5 Å². The van der Waals surface area contributed by atoms with E-state index < -0.39 is 11.2 Å². The smallest absolute Gasteiger partial charge is 0.330 e. The molecule has 0 saturated carbocycles. The van der Waals surface area contributed by atoms with Crippen molar-refractivity contribution in [3.63, 3.8) is 0 Å². The number of nitrogen functional groups attached to an aromatic ring is 1. The van der Waals surface area contributed by atoms with Crippen molar-refractivity contribution in [2.24, 2.45) is 0 Å². The Morgan fingerprint density at radius 3 is 2.62 bits per heavy atom. The van der Waals surface area contributed by atoms with Gasteiger partial charge in [-0.3, -0.25) is 24.0 Å². The van der Waals surface area contributed by atoms with Crippen LogP contribution in [0.3, 0.4) is 0 Å². The van der Waals surface area contributed by atoms with Crippen LogP contribution in [0, 0.1) is 0 Å². The first-order valence-electron chi connectivity index (χ1n) is 8.98. The highest BCUT2D eigenvalue weighted by Gasteiger charge is 2.24. The second kappa shape index (κ2) is 9.35. The molecule has 1 aromatic carbocycles. The monoisotopic (exact) mass is 414 g/mol. The van der Waals surface area contributed by atoms with Crippen molar-refractivity contribution >= 4 is 28.7 Å². The summed E-state index contributed by atoms with van der Waals surface area (Å²) in [5.74, 6) is -0.355. The predicted octanol–water partition coefficient (Wildman–Crippen LogP) is 1.60. The van der Waals surface area contributed by atoms with E-state index in [9.17, 15) is 14.4 Å². The number of H-pyrrole nitrogens is 1. The van der Waals surface area contributed by atoms with E-state index in [4.69, 9.17) is 10.5 Å². The van der Waals surface area contributed by atoms with Crippen molar-refractivity contribution in [1.82, 2.24) is 9.55 Å². The molecule has 0 fully saturated rings. The molecule has 3 aromatic rings. The average Bonchev–Trinajstić information content (AvgIpc) is 3.20. The number of nitrogens with zero attached hydrogens (tertiary/aromatic N) is 2. The molecule has 0 saturated heterocycles. The zero-order valence-corrected chi connectivity index (χ0v) is 16.8. The Labute approximate surface area is 171 Å². The highest BCUT2D eigenvalue weighted by Crippen LogP contribution is 2.21. The van der Waals surface area contributed by atoms with Crippen LogP contribution in [0.5, 0.6) is 0 Å². The number of hydrogen-bond acceptors (Lipinski definition) is 6. The summed E-state index contributed by atoms with van der Waals surface area (Å²) in [5, 5.41) is 3.77. The molecule has 9 heteroatoms. The number of methoxy groups -OCH3 is 1. The van der Waals surface area contributed by atoms with Crippen LogP contribution < -0.4 is 21.9 Å². The Balaban J connectivity index is 2.06. The molecule has 29 heavy (non-hydrogen) atoms. The molecule has 152 valence electrons. The zero-order chi connectivity index (χ0) is 20.8. The first-order chi connectivity index (χ1) is 14.0. The SMILES string of the molecule is COCCn1c(N)c(N(Cc2ccccc2)C(=O)Cc2ccsc2)c(=O)[nH]c1=O. The van der Waals surface area contributed by atoms with Gasteiger partial charge in [-0.1, -0.05) is 30.3 Å². The van der Waals surface area contributed by atoms with Gasteiger partial charge in [-0.25, -0.2) is 4.79 Å². The second-order valence-electron chi connectivity index (χ2n) is 6.41. The zero-order valence-electron chi connectivity index (χ0n) is 16.0. The molecule has 3 rings (SSSR count). The maximum absolute atomic E-state index is 13.1. The summed E-state index contributed by atoms with van der Waals surface area (Å²) in [6.07, 6.45) is 0.117. The quantitative estimate of drug-likeness (QED) is 0.582. The van der Waals surface area contributed by atoms with Gasteiger partial charge in [-0.15, -0.1) is 0 Å². The largest absolute Gasteiger partial charge is 0.383 e. The maximum atomic E-state index is 13.1. The molecule has 2 aromatic heterocycles. The van der Waals surface area contributed by atoms with Gasteiger partial charge in [0.1, 0.15) is 5.82 Å². The average molecular weight is 414 g/mol. The van der Waals surface area contributed by atoms with Crippen LogP contribution in [0.25, 0.3) is 0 Å². The van der Waals surface area contributed by atoms with E-state index >= 15 is 0 Å². The van der Waals surface area contributed by atoms with E-state index in [1.807, 2.05) is 47.2 Å². The number of aromatic nitrogens is 2. The van der Waals surface area contributed by atoms with Gasteiger partial charge in [0.05, 0.1) is 26.1 Å². The first kappa shape index (κ1) is 20.6. The molecule has 0 atom stereocenters. The van der Waals surface area contributed by atoms with E-state index in [1.54, 1.807) is 0 Å². The lowest BCUT2D eigenvalue weighted by Gasteiger charge is -2.24. The number of thiophene rings is 1. The fourth-order valence-corrected chi connectivity index (χ4v) is 3.63. The van der Waals surface area contributed by atoms with Gasteiger partial charge in [-0.2, -0.15) is 11.3 Å². The lowest BCUT2D eigenvalue weighted by molar-refractivity contribution is -0.118. The fourth-order valence-electron chi connectivity index (χ4n) is 2.96. The Kier molecular flexibility index (Phi) is 6.63. The van der Waals surface area contributed by atoms with E-state index in [0.29, 0.717) is 0 Å². The minimum Gasteiger partial charge on any atom is -0.383 e. The van der Waals surface area contributed by atoms with Crippen molar-refractivity contribution in [3.05, 3.63) is 79.1 Å². The van der Waals surface area contributed by atoms with Crippen molar-refractivity contribution in [2.45, 2.75) is 19.5 Å². The molecule has 8 nitrogen and oxygen atoms in total. The number of carbonyl (C=O) groups is 1. The topological polar surface area (TPSA) is 110 Å². The number of carbonyl (C=O) groups excluding carboxylic acids is 1. The molecule has 0 radical (unpaired) electrons. The Hall–Kier alpha value is -3.17. The predicted molar refractivity (Wildman–Crippen MR) is 113 cm³/mol. The number of nitrogens with two attached hydrogens (primary N) is 1. The van der Waals surface area contributed by atoms with Crippen LogP contribution in [0.1, 0.15) is 11.1 Å². The maximum Gasteiger partial charge on any atom is 0.330 e. The van der Waals surface area contributed by atoms with Crippen LogP contribution in [-0.4, -0.2) is 29.2 Å². The molecule has 0 bridgehead atoms. The molecule has 3 N–H and O–H groups in total. The summed E-state index contributed by atoms with van der Waals surface area (Å²) in [6.45, 7) is 0.541. The minimum atomic E-state index is -0.698. The Morgan fingerprint density at radius 1 is 1.21 bits per heavy atom. The molecule has 0 aliphatic rings. The van der Waals surface area contributed by atoms with Gasteiger partial charge in [0, 0.05) is 7.11 Å². The molecular formula is C20H22N4O4S. The minimum absolute atomic E-state index is 0.0372. The number of hydrogen-bond donors (Lipinski definition) is 2. The van der Waals surface area contributed by atoms with Gasteiger partial charge >= 0.3 is 5.69 Å². The van der Waals surface area contributed by atoms with Crippen molar-refractivity contribution in [2.75, 3.05) is 24.4 Å². The third-order valence-corrected chi connectivity index (χ3v) is 5.16. The third kappa shape index (κ3) is 4.82. The molecule has 0 aliphatic heterocycles. The number of benzene rings is 1. The van der Waals surface area contributed by atoms with E-state index in [2.05, 4.69) is 4.98 Å².